The number of para-hydroxylation sites is 1. The Hall–Kier alpha value is -2.03. The molecule has 3 heteroatoms. The van der Waals surface area contributed by atoms with Gasteiger partial charge in [-0.25, -0.2) is 0 Å². The third-order valence-electron chi connectivity index (χ3n) is 2.42. The van der Waals surface area contributed by atoms with E-state index < -0.39 is 0 Å². The van der Waals surface area contributed by atoms with Crippen molar-refractivity contribution in [2.24, 2.45) is 0 Å². The molecule has 82 valence electrons. The Morgan fingerprint density at radius 3 is 2.94 bits per heavy atom. The fourth-order valence-electron chi connectivity index (χ4n) is 1.56. The predicted molar refractivity (Wildman–Crippen MR) is 63.0 cm³/mol. The van der Waals surface area contributed by atoms with Crippen LogP contribution < -0.4 is 5.32 Å². The summed E-state index contributed by atoms with van der Waals surface area (Å²) in [7, 11) is 0. The summed E-state index contributed by atoms with van der Waals surface area (Å²) >= 11 is 0. The molecule has 3 nitrogen and oxygen atoms in total. The van der Waals surface area contributed by atoms with Gasteiger partial charge in [-0.3, -0.25) is 4.79 Å². The van der Waals surface area contributed by atoms with Gasteiger partial charge in [0, 0.05) is 5.39 Å². The van der Waals surface area contributed by atoms with Crippen molar-refractivity contribution in [3.05, 3.63) is 48.7 Å². The Balaban J connectivity index is 2.26. The van der Waals surface area contributed by atoms with Crippen LogP contribution in [-0.4, -0.2) is 5.91 Å². The molecule has 1 N–H and O–H groups in total. The maximum absolute atomic E-state index is 11.1. The van der Waals surface area contributed by atoms with Gasteiger partial charge in [-0.05, 0) is 25.1 Å². The molecule has 0 radical (unpaired) electrons. The Morgan fingerprint density at radius 1 is 1.50 bits per heavy atom. The van der Waals surface area contributed by atoms with Crippen molar-refractivity contribution in [2.75, 3.05) is 0 Å². The van der Waals surface area contributed by atoms with Crippen LogP contribution in [0.3, 0.4) is 0 Å². The maximum atomic E-state index is 11.1. The van der Waals surface area contributed by atoms with E-state index in [4.69, 9.17) is 4.42 Å². The molecule has 0 aliphatic rings. The van der Waals surface area contributed by atoms with Crippen molar-refractivity contribution in [3.63, 3.8) is 0 Å². The third-order valence-corrected chi connectivity index (χ3v) is 2.42. The Morgan fingerprint density at radius 2 is 2.25 bits per heavy atom. The minimum Gasteiger partial charge on any atom is -0.459 e. The fourth-order valence-corrected chi connectivity index (χ4v) is 1.56. The van der Waals surface area contributed by atoms with Crippen LogP contribution in [0.2, 0.25) is 0 Å². The van der Waals surface area contributed by atoms with Gasteiger partial charge in [-0.2, -0.15) is 0 Å². The van der Waals surface area contributed by atoms with Crippen LogP contribution >= 0.6 is 0 Å². The van der Waals surface area contributed by atoms with Crippen molar-refractivity contribution in [2.45, 2.75) is 13.0 Å². The summed E-state index contributed by atoms with van der Waals surface area (Å²) in [5.41, 5.74) is 0.831. The molecule has 1 atom stereocenters. The van der Waals surface area contributed by atoms with Crippen molar-refractivity contribution in [1.82, 2.24) is 5.32 Å². The fraction of sp³-hybridized carbons (Fsp3) is 0.154. The first-order valence-corrected chi connectivity index (χ1v) is 5.12. The van der Waals surface area contributed by atoms with Crippen LogP contribution in [0.4, 0.5) is 0 Å². The average molecular weight is 215 g/mol. The van der Waals surface area contributed by atoms with Crippen molar-refractivity contribution >= 4 is 16.9 Å². The van der Waals surface area contributed by atoms with Gasteiger partial charge >= 0.3 is 0 Å². The summed E-state index contributed by atoms with van der Waals surface area (Å²) in [4.78, 5) is 11.1. The van der Waals surface area contributed by atoms with Crippen molar-refractivity contribution in [3.8, 4) is 0 Å². The number of rotatable bonds is 3. The third kappa shape index (κ3) is 1.98. The van der Waals surface area contributed by atoms with Crippen molar-refractivity contribution < 1.29 is 9.21 Å². The monoisotopic (exact) mass is 215 g/mol. The molecule has 0 aliphatic carbocycles. The molecule has 1 heterocycles. The SMILES string of the molecule is C=CC(=O)N[C@H](C)c1cc2ccccc2o1. The van der Waals surface area contributed by atoms with E-state index in [9.17, 15) is 4.79 Å². The predicted octanol–water partition coefficient (Wildman–Crippen LogP) is 2.80. The smallest absolute Gasteiger partial charge is 0.243 e. The number of carbonyl (C=O) groups is 1. The molecule has 2 rings (SSSR count). The number of nitrogens with one attached hydrogen (secondary N) is 1. The highest BCUT2D eigenvalue weighted by molar-refractivity contribution is 5.87. The normalized spacial score (nSPS) is 12.3. The molecule has 0 spiro atoms. The van der Waals surface area contributed by atoms with E-state index in [0.717, 1.165) is 16.7 Å². The lowest BCUT2D eigenvalue weighted by Crippen LogP contribution is -2.23. The highest BCUT2D eigenvalue weighted by Gasteiger charge is 2.12. The molecule has 16 heavy (non-hydrogen) atoms. The Kier molecular flexibility index (Phi) is 2.77. The van der Waals surface area contributed by atoms with E-state index in [1.807, 2.05) is 37.3 Å². The highest BCUT2D eigenvalue weighted by Crippen LogP contribution is 2.23. The average Bonchev–Trinajstić information content (AvgIpc) is 2.72. The molecule has 0 aliphatic heterocycles. The molecule has 2 aromatic rings. The van der Waals surface area contributed by atoms with Gasteiger partial charge in [0.2, 0.25) is 5.91 Å². The molecular formula is C13H13NO2. The zero-order chi connectivity index (χ0) is 11.5. The summed E-state index contributed by atoms with van der Waals surface area (Å²) < 4.78 is 5.63. The lowest BCUT2D eigenvalue weighted by atomic mass is 10.2. The van der Waals surface area contributed by atoms with Gasteiger partial charge in [0.05, 0.1) is 6.04 Å². The topological polar surface area (TPSA) is 42.2 Å². The molecule has 0 fully saturated rings. The van der Waals surface area contributed by atoms with E-state index in [2.05, 4.69) is 11.9 Å². The first-order valence-electron chi connectivity index (χ1n) is 5.12. The number of amides is 1. The van der Waals surface area contributed by atoms with Crippen LogP contribution in [-0.2, 0) is 4.79 Å². The summed E-state index contributed by atoms with van der Waals surface area (Å²) in [5.74, 6) is 0.546. The van der Waals surface area contributed by atoms with Gasteiger partial charge in [0.15, 0.2) is 0 Å². The van der Waals surface area contributed by atoms with E-state index in [1.54, 1.807) is 0 Å². The molecule has 1 amide bonds. The minimum atomic E-state index is -0.201. The van der Waals surface area contributed by atoms with Gasteiger partial charge in [-0.1, -0.05) is 24.8 Å². The molecule has 0 saturated heterocycles. The zero-order valence-corrected chi connectivity index (χ0v) is 9.07. The summed E-state index contributed by atoms with van der Waals surface area (Å²) in [6, 6.07) is 9.53. The number of fused-ring (bicyclic) bond motifs is 1. The summed E-state index contributed by atoms with van der Waals surface area (Å²) in [6.45, 7) is 5.28. The van der Waals surface area contributed by atoms with Crippen LogP contribution in [0.5, 0.6) is 0 Å². The minimum absolute atomic E-state index is 0.155. The van der Waals surface area contributed by atoms with Crippen LogP contribution in [0.1, 0.15) is 18.7 Å². The summed E-state index contributed by atoms with van der Waals surface area (Å²) in [5, 5.41) is 3.80. The van der Waals surface area contributed by atoms with Crippen LogP contribution in [0.15, 0.2) is 47.4 Å². The maximum Gasteiger partial charge on any atom is 0.243 e. The molecule has 1 aromatic carbocycles. The number of furan rings is 1. The van der Waals surface area contributed by atoms with E-state index in [-0.39, 0.29) is 11.9 Å². The van der Waals surface area contributed by atoms with E-state index in [1.165, 1.54) is 6.08 Å². The van der Waals surface area contributed by atoms with Crippen LogP contribution in [0.25, 0.3) is 11.0 Å². The zero-order valence-electron chi connectivity index (χ0n) is 9.07. The van der Waals surface area contributed by atoms with Gasteiger partial charge < -0.3 is 9.73 Å². The first kappa shape index (κ1) is 10.5. The molecule has 0 saturated carbocycles. The van der Waals surface area contributed by atoms with Gasteiger partial charge in [0.25, 0.3) is 0 Å². The van der Waals surface area contributed by atoms with Crippen molar-refractivity contribution in [1.29, 1.82) is 0 Å². The van der Waals surface area contributed by atoms with Gasteiger partial charge in [0.1, 0.15) is 11.3 Å². The Bertz CT molecular complexity index is 494. The Labute approximate surface area is 93.8 Å². The summed E-state index contributed by atoms with van der Waals surface area (Å²) in [6.07, 6.45) is 1.25. The lowest BCUT2D eigenvalue weighted by molar-refractivity contribution is -0.117. The first-order chi connectivity index (χ1) is 7.70. The number of benzene rings is 1. The molecule has 1 aromatic heterocycles. The molecule has 0 bridgehead atoms. The number of hydrogen-bond acceptors (Lipinski definition) is 2. The second-order valence-electron chi connectivity index (χ2n) is 3.62. The van der Waals surface area contributed by atoms with Crippen LogP contribution in [0, 0.1) is 0 Å². The number of carbonyl (C=O) groups excluding carboxylic acids is 1. The van der Waals surface area contributed by atoms with E-state index in [0.29, 0.717) is 0 Å². The van der Waals surface area contributed by atoms with Gasteiger partial charge in [-0.15, -0.1) is 0 Å². The largest absolute Gasteiger partial charge is 0.459 e. The van der Waals surface area contributed by atoms with E-state index >= 15 is 0 Å². The quantitative estimate of drug-likeness (QED) is 0.800. The second kappa shape index (κ2) is 4.23. The standard InChI is InChI=1S/C13H13NO2/c1-3-13(15)14-9(2)12-8-10-6-4-5-7-11(10)16-12/h3-9H,1H2,2H3,(H,14,15)/t9-/m1/s1. The second-order valence-corrected chi connectivity index (χ2v) is 3.62. The molecule has 0 unspecified atom stereocenters. The highest BCUT2D eigenvalue weighted by atomic mass is 16.3. The number of hydrogen-bond donors (Lipinski definition) is 1. The molecular weight excluding hydrogens is 202 g/mol. The lowest BCUT2D eigenvalue weighted by Gasteiger charge is -2.08.